The van der Waals surface area contributed by atoms with Crippen LogP contribution in [0.4, 0.5) is 0 Å². The molecule has 0 aromatic rings. The van der Waals surface area contributed by atoms with Crippen molar-refractivity contribution in [3.8, 4) is 0 Å². The number of hydrogen-bond donors (Lipinski definition) is 2. The number of esters is 2. The molecule has 0 amide bonds. The quantitative estimate of drug-likeness (QED) is 0.443. The van der Waals surface area contributed by atoms with Crippen molar-refractivity contribution in [2.24, 2.45) is 0 Å². The molecule has 8 heteroatoms. The van der Waals surface area contributed by atoms with Gasteiger partial charge >= 0.3 is 20.0 Å². The topological polar surface area (TPSA) is 93.7 Å². The van der Waals surface area contributed by atoms with Gasteiger partial charge in [0.2, 0.25) is 0 Å². The molecule has 122 valence electrons. The summed E-state index contributed by atoms with van der Waals surface area (Å²) < 4.78 is 21.7. The molecule has 3 unspecified atom stereocenters. The summed E-state index contributed by atoms with van der Waals surface area (Å²) in [5, 5.41) is 5.26. The van der Waals surface area contributed by atoms with Gasteiger partial charge in [-0.05, 0) is 31.8 Å². The van der Waals surface area contributed by atoms with Gasteiger partial charge < -0.3 is 9.47 Å². The fourth-order valence-corrected chi connectivity index (χ4v) is 2.61. The largest absolute Gasteiger partial charge is 0.533 e. The Labute approximate surface area is 127 Å². The predicted molar refractivity (Wildman–Crippen MR) is 79.9 cm³/mol. The number of hydrogen-bond acceptors (Lipinski definition) is 5. The maximum Gasteiger partial charge on any atom is 0.533 e. The molecule has 0 aromatic carbocycles. The maximum absolute atomic E-state index is 12.0. The molecule has 0 fully saturated rings. The van der Waals surface area contributed by atoms with Crippen LogP contribution < -0.4 is 10.2 Å². The SMILES string of the molecule is CCCCC(N[P+](=O)NC(C)C(=O)OCC)C(=O)OCC. The Balaban J connectivity index is 4.44. The van der Waals surface area contributed by atoms with Gasteiger partial charge in [0.15, 0.2) is 6.04 Å². The molecule has 0 aliphatic heterocycles. The summed E-state index contributed by atoms with van der Waals surface area (Å²) in [4.78, 5) is 23.2. The Morgan fingerprint density at radius 2 is 1.62 bits per heavy atom. The van der Waals surface area contributed by atoms with E-state index in [-0.39, 0.29) is 13.2 Å². The zero-order valence-corrected chi connectivity index (χ0v) is 14.1. The molecule has 0 saturated carbocycles. The molecule has 7 nitrogen and oxygen atoms in total. The Morgan fingerprint density at radius 1 is 1.05 bits per heavy atom. The normalized spacial score (nSPS) is 14.2. The van der Waals surface area contributed by atoms with Crippen molar-refractivity contribution in [3.63, 3.8) is 0 Å². The lowest BCUT2D eigenvalue weighted by Crippen LogP contribution is -2.39. The maximum atomic E-state index is 12.0. The van der Waals surface area contributed by atoms with Gasteiger partial charge in [0.25, 0.3) is 0 Å². The van der Waals surface area contributed by atoms with Gasteiger partial charge in [-0.15, -0.1) is 0 Å². The van der Waals surface area contributed by atoms with E-state index in [2.05, 4.69) is 10.2 Å². The average Bonchev–Trinajstić information content (AvgIpc) is 2.43. The van der Waals surface area contributed by atoms with Crippen molar-refractivity contribution >= 4 is 20.0 Å². The number of rotatable bonds is 11. The van der Waals surface area contributed by atoms with Crippen molar-refractivity contribution in [1.29, 1.82) is 0 Å². The number of carbonyl (C=O) groups excluding carboxylic acids is 2. The van der Waals surface area contributed by atoms with E-state index in [0.29, 0.717) is 6.42 Å². The minimum atomic E-state index is -2.11. The first-order valence-electron chi connectivity index (χ1n) is 7.29. The average molecular weight is 321 g/mol. The zero-order chi connectivity index (χ0) is 16.3. The van der Waals surface area contributed by atoms with Gasteiger partial charge in [0.1, 0.15) is 6.04 Å². The first kappa shape index (κ1) is 20.0. The molecule has 0 saturated heterocycles. The first-order valence-corrected chi connectivity index (χ1v) is 8.54. The molecular weight excluding hydrogens is 295 g/mol. The summed E-state index contributed by atoms with van der Waals surface area (Å²) in [5.74, 6) is -0.913. The molecule has 0 aliphatic rings. The highest BCUT2D eigenvalue weighted by atomic mass is 31.1. The van der Waals surface area contributed by atoms with Crippen LogP contribution in [0, 0.1) is 0 Å². The number of unbranched alkanes of at least 4 members (excludes halogenated alkanes) is 1. The van der Waals surface area contributed by atoms with Crippen LogP contribution in [0.1, 0.15) is 47.0 Å². The van der Waals surface area contributed by atoms with Gasteiger partial charge in [0, 0.05) is 0 Å². The minimum Gasteiger partial charge on any atom is -0.465 e. The molecule has 0 radical (unpaired) electrons. The van der Waals surface area contributed by atoms with Gasteiger partial charge in [-0.3, -0.25) is 9.59 Å². The monoisotopic (exact) mass is 321 g/mol. The molecule has 0 rings (SSSR count). The lowest BCUT2D eigenvalue weighted by molar-refractivity contribution is -0.145. The molecule has 0 heterocycles. The lowest BCUT2D eigenvalue weighted by Gasteiger charge is -2.12. The van der Waals surface area contributed by atoms with Crippen molar-refractivity contribution in [1.82, 2.24) is 10.2 Å². The predicted octanol–water partition coefficient (Wildman–Crippen LogP) is 1.90. The second kappa shape index (κ2) is 11.6. The summed E-state index contributed by atoms with van der Waals surface area (Å²) in [6.45, 7) is 7.51. The highest BCUT2D eigenvalue weighted by Crippen LogP contribution is 2.15. The van der Waals surface area contributed by atoms with E-state index in [1.165, 1.54) is 0 Å². The molecule has 21 heavy (non-hydrogen) atoms. The molecule has 3 atom stereocenters. The Bertz CT molecular complexity index is 351. The third-order valence-corrected chi connectivity index (χ3v) is 3.81. The highest BCUT2D eigenvalue weighted by molar-refractivity contribution is 7.40. The second-order valence-electron chi connectivity index (χ2n) is 4.47. The van der Waals surface area contributed by atoms with Crippen LogP contribution in [0.25, 0.3) is 0 Å². The Hall–Kier alpha value is -1.04. The Kier molecular flexibility index (Phi) is 11.0. The number of carbonyl (C=O) groups is 2. The minimum absolute atomic E-state index is 0.261. The molecule has 0 aromatic heterocycles. The fourth-order valence-electron chi connectivity index (χ4n) is 1.56. The van der Waals surface area contributed by atoms with E-state index in [9.17, 15) is 14.2 Å². The summed E-state index contributed by atoms with van der Waals surface area (Å²) in [5.41, 5.74) is 0. The fraction of sp³-hybridized carbons (Fsp3) is 0.846. The number of nitrogens with one attached hydrogen (secondary N) is 2. The van der Waals surface area contributed by atoms with E-state index in [1.54, 1.807) is 20.8 Å². The van der Waals surface area contributed by atoms with E-state index in [4.69, 9.17) is 9.47 Å². The van der Waals surface area contributed by atoms with Crippen molar-refractivity contribution in [2.75, 3.05) is 13.2 Å². The van der Waals surface area contributed by atoms with Crippen LogP contribution in [0.5, 0.6) is 0 Å². The third-order valence-electron chi connectivity index (χ3n) is 2.64. The summed E-state index contributed by atoms with van der Waals surface area (Å²) in [6.07, 6.45) is 2.26. The molecule has 2 N–H and O–H groups in total. The van der Waals surface area contributed by atoms with Crippen LogP contribution >= 0.6 is 8.10 Å². The van der Waals surface area contributed by atoms with Gasteiger partial charge in [-0.1, -0.05) is 29.9 Å². The first-order chi connectivity index (χ1) is 9.96. The van der Waals surface area contributed by atoms with Crippen LogP contribution in [0.2, 0.25) is 0 Å². The Morgan fingerprint density at radius 3 is 2.14 bits per heavy atom. The van der Waals surface area contributed by atoms with Crippen molar-refractivity contribution < 1.29 is 23.6 Å². The third kappa shape index (κ3) is 8.75. The second-order valence-corrected chi connectivity index (χ2v) is 5.58. The lowest BCUT2D eigenvalue weighted by atomic mass is 10.1. The van der Waals surface area contributed by atoms with Crippen LogP contribution in [-0.4, -0.2) is 37.2 Å². The molecular formula is C13H26N2O5P+. The van der Waals surface area contributed by atoms with Gasteiger partial charge in [-0.2, -0.15) is 0 Å². The highest BCUT2D eigenvalue weighted by Gasteiger charge is 2.32. The van der Waals surface area contributed by atoms with Crippen LogP contribution in [0.15, 0.2) is 0 Å². The molecule has 0 bridgehead atoms. The van der Waals surface area contributed by atoms with Crippen LogP contribution in [-0.2, 0) is 23.6 Å². The zero-order valence-electron chi connectivity index (χ0n) is 13.2. The van der Waals surface area contributed by atoms with E-state index in [1.807, 2.05) is 6.92 Å². The van der Waals surface area contributed by atoms with E-state index in [0.717, 1.165) is 12.8 Å². The van der Waals surface area contributed by atoms with E-state index < -0.39 is 32.1 Å². The summed E-state index contributed by atoms with van der Waals surface area (Å²) in [7, 11) is -2.11. The molecule has 0 spiro atoms. The molecule has 0 aliphatic carbocycles. The van der Waals surface area contributed by atoms with Gasteiger partial charge in [-0.25, -0.2) is 0 Å². The van der Waals surface area contributed by atoms with Crippen molar-refractivity contribution in [2.45, 2.75) is 59.0 Å². The van der Waals surface area contributed by atoms with E-state index >= 15 is 0 Å². The van der Waals surface area contributed by atoms with Crippen LogP contribution in [0.3, 0.4) is 0 Å². The summed E-state index contributed by atoms with van der Waals surface area (Å²) >= 11 is 0. The smallest absolute Gasteiger partial charge is 0.465 e. The van der Waals surface area contributed by atoms with Gasteiger partial charge in [0.05, 0.1) is 13.2 Å². The summed E-state index contributed by atoms with van der Waals surface area (Å²) in [6, 6.07) is -1.36. The van der Waals surface area contributed by atoms with Crippen molar-refractivity contribution in [3.05, 3.63) is 0 Å². The number of ether oxygens (including phenoxy) is 2. The standard InChI is InChI=1S/C13H26N2O5P/c1-5-8-9-11(13(17)20-7-3)15-21(18)14-10(4)12(16)19-6-2/h10-11H,5-9H2,1-4H3,(H2,14,15,18)/q+1.